The Morgan fingerprint density at radius 2 is 1.95 bits per heavy atom. The summed E-state index contributed by atoms with van der Waals surface area (Å²) in [5.41, 5.74) is 0. The summed E-state index contributed by atoms with van der Waals surface area (Å²) in [4.78, 5) is 45.8. The summed E-state index contributed by atoms with van der Waals surface area (Å²) < 4.78 is 0. The zero-order valence-corrected chi connectivity index (χ0v) is 10.6. The fourth-order valence-corrected chi connectivity index (χ4v) is 1.83. The molecule has 0 bridgehead atoms. The van der Waals surface area contributed by atoms with Gasteiger partial charge in [0.15, 0.2) is 0 Å². The number of aliphatic carboxylic acids is 1. The Morgan fingerprint density at radius 3 is 2.42 bits per heavy atom. The van der Waals surface area contributed by atoms with Gasteiger partial charge in [-0.15, -0.1) is 0 Å². The van der Waals surface area contributed by atoms with Gasteiger partial charge in [-0.3, -0.25) is 19.7 Å². The van der Waals surface area contributed by atoms with Crippen molar-refractivity contribution in [3.63, 3.8) is 0 Å². The second-order valence-electron chi connectivity index (χ2n) is 4.36. The van der Waals surface area contributed by atoms with Crippen LogP contribution < -0.4 is 10.6 Å². The molecule has 19 heavy (non-hydrogen) atoms. The molecule has 1 aliphatic rings. The average Bonchev–Trinajstić information content (AvgIpc) is 2.26. The van der Waals surface area contributed by atoms with E-state index in [2.05, 4.69) is 10.6 Å². The maximum Gasteiger partial charge on any atom is 0.318 e. The van der Waals surface area contributed by atoms with Gasteiger partial charge in [0.1, 0.15) is 13.1 Å². The van der Waals surface area contributed by atoms with Crippen LogP contribution in [-0.2, 0) is 14.4 Å². The standard InChI is InChI=1S/C11H17N3O5/c1-2-3-7(4-10(17)18)12-11(19)14-5-8(15)13-9(16)6-14/h7H,2-6H2,1H3,(H,12,19)(H,17,18)(H,13,15,16). The number of carbonyl (C=O) groups excluding carboxylic acids is 3. The zero-order valence-electron chi connectivity index (χ0n) is 10.6. The summed E-state index contributed by atoms with van der Waals surface area (Å²) >= 11 is 0. The van der Waals surface area contributed by atoms with Gasteiger partial charge < -0.3 is 15.3 Å². The Hall–Kier alpha value is -2.12. The third kappa shape index (κ3) is 4.94. The highest BCUT2D eigenvalue weighted by molar-refractivity contribution is 6.02. The van der Waals surface area contributed by atoms with E-state index in [-0.39, 0.29) is 19.5 Å². The van der Waals surface area contributed by atoms with Crippen LogP contribution in [0.3, 0.4) is 0 Å². The molecule has 106 valence electrons. The molecule has 1 fully saturated rings. The fourth-order valence-electron chi connectivity index (χ4n) is 1.83. The lowest BCUT2D eigenvalue weighted by molar-refractivity contribution is -0.138. The molecule has 1 saturated heterocycles. The molecule has 8 heteroatoms. The van der Waals surface area contributed by atoms with Crippen molar-refractivity contribution in [2.24, 2.45) is 0 Å². The van der Waals surface area contributed by atoms with Crippen LogP contribution in [0.25, 0.3) is 0 Å². The molecule has 1 rings (SSSR count). The van der Waals surface area contributed by atoms with E-state index in [1.807, 2.05) is 6.92 Å². The fraction of sp³-hybridized carbons (Fsp3) is 0.636. The number of hydrogen-bond donors (Lipinski definition) is 3. The molecule has 0 saturated carbocycles. The molecule has 3 N–H and O–H groups in total. The number of nitrogens with zero attached hydrogens (tertiary/aromatic N) is 1. The molecule has 0 aromatic heterocycles. The minimum absolute atomic E-state index is 0.187. The van der Waals surface area contributed by atoms with Gasteiger partial charge in [0.05, 0.1) is 6.42 Å². The first-order valence-corrected chi connectivity index (χ1v) is 6.02. The molecular formula is C11H17N3O5. The van der Waals surface area contributed by atoms with E-state index in [1.54, 1.807) is 0 Å². The molecule has 0 aromatic carbocycles. The number of carboxylic acid groups (broad SMARTS) is 1. The van der Waals surface area contributed by atoms with Crippen molar-refractivity contribution in [3.05, 3.63) is 0 Å². The Bertz CT molecular complexity index is 380. The predicted octanol–water partition coefficient (Wildman–Crippen LogP) is -0.702. The quantitative estimate of drug-likeness (QED) is 0.572. The van der Waals surface area contributed by atoms with Crippen LogP contribution in [0, 0.1) is 0 Å². The molecule has 1 aliphatic heterocycles. The van der Waals surface area contributed by atoms with Gasteiger partial charge in [0.2, 0.25) is 11.8 Å². The lowest BCUT2D eigenvalue weighted by Crippen LogP contribution is -2.57. The van der Waals surface area contributed by atoms with Gasteiger partial charge in [-0.2, -0.15) is 0 Å². The van der Waals surface area contributed by atoms with Crippen LogP contribution in [0.5, 0.6) is 0 Å². The minimum Gasteiger partial charge on any atom is -0.481 e. The summed E-state index contributed by atoms with van der Waals surface area (Å²) in [7, 11) is 0. The lowest BCUT2D eigenvalue weighted by atomic mass is 10.1. The van der Waals surface area contributed by atoms with E-state index in [1.165, 1.54) is 0 Å². The highest BCUT2D eigenvalue weighted by Crippen LogP contribution is 2.04. The zero-order chi connectivity index (χ0) is 14.4. The first kappa shape index (κ1) is 14.9. The number of carbonyl (C=O) groups is 4. The molecule has 1 heterocycles. The van der Waals surface area contributed by atoms with E-state index < -0.39 is 29.9 Å². The topological polar surface area (TPSA) is 116 Å². The lowest BCUT2D eigenvalue weighted by Gasteiger charge is -2.27. The number of piperazine rings is 1. The second-order valence-corrected chi connectivity index (χ2v) is 4.36. The SMILES string of the molecule is CCCC(CC(=O)O)NC(=O)N1CC(=O)NC(=O)C1. The molecule has 0 aliphatic carbocycles. The van der Waals surface area contributed by atoms with Crippen molar-refractivity contribution in [1.29, 1.82) is 0 Å². The van der Waals surface area contributed by atoms with Crippen LogP contribution in [0.15, 0.2) is 0 Å². The maximum absolute atomic E-state index is 11.8. The van der Waals surface area contributed by atoms with Crippen LogP contribution in [0.2, 0.25) is 0 Å². The van der Waals surface area contributed by atoms with Crippen LogP contribution in [0.1, 0.15) is 26.2 Å². The van der Waals surface area contributed by atoms with Gasteiger partial charge in [0.25, 0.3) is 0 Å². The normalized spacial score (nSPS) is 16.8. The Kier molecular flexibility index (Phi) is 5.28. The van der Waals surface area contributed by atoms with E-state index in [0.29, 0.717) is 6.42 Å². The summed E-state index contributed by atoms with van der Waals surface area (Å²) in [5, 5.41) is 13.3. The third-order valence-corrected chi connectivity index (χ3v) is 2.62. The smallest absolute Gasteiger partial charge is 0.318 e. The maximum atomic E-state index is 11.8. The van der Waals surface area contributed by atoms with Crippen molar-refractivity contribution in [2.75, 3.05) is 13.1 Å². The number of hydrogen-bond acceptors (Lipinski definition) is 4. The van der Waals surface area contributed by atoms with Crippen molar-refractivity contribution < 1.29 is 24.3 Å². The molecule has 0 aromatic rings. The van der Waals surface area contributed by atoms with E-state index in [4.69, 9.17) is 5.11 Å². The molecule has 1 unspecified atom stereocenters. The van der Waals surface area contributed by atoms with Gasteiger partial charge in [0, 0.05) is 6.04 Å². The minimum atomic E-state index is -1.01. The molecule has 4 amide bonds. The van der Waals surface area contributed by atoms with Crippen molar-refractivity contribution in [3.8, 4) is 0 Å². The molecule has 0 spiro atoms. The van der Waals surface area contributed by atoms with Crippen molar-refractivity contribution in [2.45, 2.75) is 32.2 Å². The number of amides is 4. The number of rotatable bonds is 5. The number of imide groups is 1. The summed E-state index contributed by atoms with van der Waals surface area (Å²) in [6.07, 6.45) is 1.05. The number of urea groups is 1. The van der Waals surface area contributed by atoms with Crippen LogP contribution in [-0.4, -0.2) is 53.0 Å². The summed E-state index contributed by atoms with van der Waals surface area (Å²) in [5.74, 6) is -2.10. The average molecular weight is 271 g/mol. The largest absolute Gasteiger partial charge is 0.481 e. The molecule has 0 radical (unpaired) electrons. The molecular weight excluding hydrogens is 254 g/mol. The van der Waals surface area contributed by atoms with E-state index in [9.17, 15) is 19.2 Å². The Balaban J connectivity index is 2.57. The number of nitrogens with one attached hydrogen (secondary N) is 2. The third-order valence-electron chi connectivity index (χ3n) is 2.62. The Labute approximate surface area is 110 Å². The van der Waals surface area contributed by atoms with Crippen molar-refractivity contribution >= 4 is 23.8 Å². The van der Waals surface area contributed by atoms with Gasteiger partial charge in [-0.05, 0) is 6.42 Å². The molecule has 8 nitrogen and oxygen atoms in total. The van der Waals surface area contributed by atoms with E-state index >= 15 is 0 Å². The van der Waals surface area contributed by atoms with Crippen LogP contribution >= 0.6 is 0 Å². The summed E-state index contributed by atoms with van der Waals surface area (Å²) in [6.45, 7) is 1.46. The number of carboxylic acids is 1. The van der Waals surface area contributed by atoms with Crippen LogP contribution in [0.4, 0.5) is 4.79 Å². The van der Waals surface area contributed by atoms with Gasteiger partial charge in [-0.25, -0.2) is 4.79 Å². The molecule has 1 atom stereocenters. The predicted molar refractivity (Wildman–Crippen MR) is 64.2 cm³/mol. The van der Waals surface area contributed by atoms with Crippen molar-refractivity contribution in [1.82, 2.24) is 15.5 Å². The second kappa shape index (κ2) is 6.72. The first-order chi connectivity index (χ1) is 8.92. The summed E-state index contributed by atoms with van der Waals surface area (Å²) in [6, 6.07) is -1.10. The van der Waals surface area contributed by atoms with E-state index in [0.717, 1.165) is 11.3 Å². The Morgan fingerprint density at radius 1 is 1.37 bits per heavy atom. The highest BCUT2D eigenvalue weighted by Gasteiger charge is 2.27. The highest BCUT2D eigenvalue weighted by atomic mass is 16.4. The monoisotopic (exact) mass is 271 g/mol. The van der Waals surface area contributed by atoms with Gasteiger partial charge >= 0.3 is 12.0 Å². The van der Waals surface area contributed by atoms with Gasteiger partial charge in [-0.1, -0.05) is 13.3 Å². The first-order valence-electron chi connectivity index (χ1n) is 6.02.